The zero-order valence-electron chi connectivity index (χ0n) is 6.72. The minimum atomic E-state index is 0.587. The first kappa shape index (κ1) is 7.33. The molecule has 1 aliphatic carbocycles. The molecule has 0 aromatic rings. The molecular formula is C10H14. The molecule has 1 atom stereocenters. The fraction of sp³-hybridized carbons (Fsp3) is 0.400. The van der Waals surface area contributed by atoms with E-state index in [0.717, 1.165) is 6.42 Å². The van der Waals surface area contributed by atoms with Gasteiger partial charge < -0.3 is 0 Å². The van der Waals surface area contributed by atoms with Crippen LogP contribution in [0.5, 0.6) is 0 Å². The minimum absolute atomic E-state index is 0.587. The Bertz CT molecular complexity index is 194. The molecule has 0 amide bonds. The summed E-state index contributed by atoms with van der Waals surface area (Å²) in [5.74, 6) is 0.587. The van der Waals surface area contributed by atoms with Crippen molar-refractivity contribution in [1.82, 2.24) is 0 Å². The molecule has 0 saturated carbocycles. The van der Waals surface area contributed by atoms with Crippen molar-refractivity contribution in [1.29, 1.82) is 0 Å². The molecule has 0 spiro atoms. The number of hydrogen-bond acceptors (Lipinski definition) is 0. The fourth-order valence-corrected chi connectivity index (χ4v) is 1.09. The topological polar surface area (TPSA) is 0 Å². The smallest absolute Gasteiger partial charge is 0.000921 e. The Morgan fingerprint density at radius 2 is 2.40 bits per heavy atom. The van der Waals surface area contributed by atoms with Gasteiger partial charge in [-0.15, -0.1) is 0 Å². The summed E-state index contributed by atoms with van der Waals surface area (Å²) in [6, 6.07) is 0. The van der Waals surface area contributed by atoms with Crippen molar-refractivity contribution >= 4 is 0 Å². The Kier molecular flexibility index (Phi) is 2.10. The summed E-state index contributed by atoms with van der Waals surface area (Å²) in [6.07, 6.45) is 7.80. The van der Waals surface area contributed by atoms with Gasteiger partial charge >= 0.3 is 0 Å². The van der Waals surface area contributed by atoms with Crippen molar-refractivity contribution in [3.63, 3.8) is 0 Å². The highest BCUT2D eigenvalue weighted by molar-refractivity contribution is 5.25. The second-order valence-corrected chi connectivity index (χ2v) is 3.00. The minimum Gasteiger partial charge on any atom is -0.0995 e. The van der Waals surface area contributed by atoms with Crippen LogP contribution in [0, 0.1) is 5.92 Å². The van der Waals surface area contributed by atoms with Gasteiger partial charge in [-0.25, -0.2) is 0 Å². The summed E-state index contributed by atoms with van der Waals surface area (Å²) in [5.41, 5.74) is 2.64. The van der Waals surface area contributed by atoms with Crippen molar-refractivity contribution in [3.8, 4) is 0 Å². The second-order valence-electron chi connectivity index (χ2n) is 3.00. The zero-order valence-corrected chi connectivity index (χ0v) is 6.72. The van der Waals surface area contributed by atoms with E-state index in [2.05, 4.69) is 38.7 Å². The molecule has 0 saturated heterocycles. The van der Waals surface area contributed by atoms with Crippen LogP contribution in [-0.4, -0.2) is 0 Å². The van der Waals surface area contributed by atoms with E-state index in [1.54, 1.807) is 0 Å². The maximum absolute atomic E-state index is 3.92. The quantitative estimate of drug-likeness (QED) is 0.483. The van der Waals surface area contributed by atoms with Crippen molar-refractivity contribution < 1.29 is 0 Å². The molecule has 0 aromatic carbocycles. The SMILES string of the molecule is C=C(C)[C@H]1C=CC(C)=CC1. The van der Waals surface area contributed by atoms with Gasteiger partial charge in [0, 0.05) is 5.92 Å². The summed E-state index contributed by atoms with van der Waals surface area (Å²) in [6.45, 7) is 8.14. The van der Waals surface area contributed by atoms with Crippen LogP contribution in [0.15, 0.2) is 36.0 Å². The first-order valence-corrected chi connectivity index (χ1v) is 3.70. The van der Waals surface area contributed by atoms with Crippen molar-refractivity contribution in [3.05, 3.63) is 36.0 Å². The van der Waals surface area contributed by atoms with E-state index >= 15 is 0 Å². The van der Waals surface area contributed by atoms with E-state index < -0.39 is 0 Å². The maximum Gasteiger partial charge on any atom is 0.000921 e. The molecule has 1 rings (SSSR count). The molecule has 0 aromatic heterocycles. The van der Waals surface area contributed by atoms with E-state index in [1.165, 1.54) is 11.1 Å². The number of hydrogen-bond donors (Lipinski definition) is 0. The van der Waals surface area contributed by atoms with Gasteiger partial charge in [0.05, 0.1) is 0 Å². The van der Waals surface area contributed by atoms with Gasteiger partial charge in [0.1, 0.15) is 0 Å². The third-order valence-corrected chi connectivity index (χ3v) is 1.92. The predicted molar refractivity (Wildman–Crippen MR) is 45.8 cm³/mol. The van der Waals surface area contributed by atoms with E-state index in [4.69, 9.17) is 0 Å². The van der Waals surface area contributed by atoms with E-state index in [-0.39, 0.29) is 0 Å². The Balaban J connectivity index is 2.60. The summed E-state index contributed by atoms with van der Waals surface area (Å²) in [5, 5.41) is 0. The molecule has 10 heavy (non-hydrogen) atoms. The van der Waals surface area contributed by atoms with Crippen LogP contribution >= 0.6 is 0 Å². The molecule has 0 N–H and O–H groups in total. The molecule has 0 radical (unpaired) electrons. The van der Waals surface area contributed by atoms with Gasteiger partial charge in [-0.3, -0.25) is 0 Å². The highest BCUT2D eigenvalue weighted by Crippen LogP contribution is 2.21. The normalized spacial score (nSPS) is 24.2. The van der Waals surface area contributed by atoms with E-state index in [9.17, 15) is 0 Å². The van der Waals surface area contributed by atoms with Crippen LogP contribution < -0.4 is 0 Å². The third-order valence-electron chi connectivity index (χ3n) is 1.92. The van der Waals surface area contributed by atoms with Gasteiger partial charge in [0.25, 0.3) is 0 Å². The van der Waals surface area contributed by atoms with Crippen LogP contribution in [0.25, 0.3) is 0 Å². The van der Waals surface area contributed by atoms with Crippen LogP contribution in [0.4, 0.5) is 0 Å². The van der Waals surface area contributed by atoms with Gasteiger partial charge in [-0.1, -0.05) is 36.0 Å². The van der Waals surface area contributed by atoms with Gasteiger partial charge in [-0.05, 0) is 20.3 Å². The zero-order chi connectivity index (χ0) is 7.56. The molecular weight excluding hydrogens is 120 g/mol. The third kappa shape index (κ3) is 1.60. The first-order valence-electron chi connectivity index (χ1n) is 3.70. The van der Waals surface area contributed by atoms with Crippen LogP contribution in [0.1, 0.15) is 20.3 Å². The van der Waals surface area contributed by atoms with Crippen LogP contribution in [0.2, 0.25) is 0 Å². The van der Waals surface area contributed by atoms with E-state index in [0.29, 0.717) is 5.92 Å². The largest absolute Gasteiger partial charge is 0.0995 e. The molecule has 0 nitrogen and oxygen atoms in total. The molecule has 54 valence electrons. The predicted octanol–water partition coefficient (Wildman–Crippen LogP) is 3.08. The molecule has 0 fully saturated rings. The van der Waals surface area contributed by atoms with Crippen molar-refractivity contribution in [2.24, 2.45) is 5.92 Å². The average Bonchev–Trinajstić information content (AvgIpc) is 1.88. The van der Waals surface area contributed by atoms with Crippen LogP contribution in [-0.2, 0) is 0 Å². The lowest BCUT2D eigenvalue weighted by molar-refractivity contribution is 0.764. The highest BCUT2D eigenvalue weighted by atomic mass is 14.1. The van der Waals surface area contributed by atoms with Gasteiger partial charge in [-0.2, -0.15) is 0 Å². The maximum atomic E-state index is 3.92. The molecule has 0 aliphatic heterocycles. The lowest BCUT2D eigenvalue weighted by Gasteiger charge is -2.13. The van der Waals surface area contributed by atoms with E-state index in [1.807, 2.05) is 0 Å². The summed E-state index contributed by atoms with van der Waals surface area (Å²) >= 11 is 0. The summed E-state index contributed by atoms with van der Waals surface area (Å²) < 4.78 is 0. The lowest BCUT2D eigenvalue weighted by atomic mass is 9.92. The summed E-state index contributed by atoms with van der Waals surface area (Å²) in [7, 11) is 0. The Labute approximate surface area is 62.9 Å². The Morgan fingerprint density at radius 1 is 1.70 bits per heavy atom. The Morgan fingerprint density at radius 3 is 2.80 bits per heavy atom. The number of allylic oxidation sites excluding steroid dienone is 5. The monoisotopic (exact) mass is 134 g/mol. The molecule has 1 aliphatic rings. The highest BCUT2D eigenvalue weighted by Gasteiger charge is 2.05. The van der Waals surface area contributed by atoms with Crippen LogP contribution in [0.3, 0.4) is 0 Å². The van der Waals surface area contributed by atoms with Crippen molar-refractivity contribution in [2.75, 3.05) is 0 Å². The van der Waals surface area contributed by atoms with Gasteiger partial charge in [0.15, 0.2) is 0 Å². The standard InChI is InChI=1S/C10H14/c1-8(2)10-6-4-9(3)5-7-10/h4-6,10H,1,7H2,2-3H3/t10-/m0/s1. The summed E-state index contributed by atoms with van der Waals surface area (Å²) in [4.78, 5) is 0. The van der Waals surface area contributed by atoms with Crippen molar-refractivity contribution in [2.45, 2.75) is 20.3 Å². The number of rotatable bonds is 1. The lowest BCUT2D eigenvalue weighted by Crippen LogP contribution is -1.98. The molecule has 0 heterocycles. The molecule has 0 unspecified atom stereocenters. The molecule has 0 bridgehead atoms. The average molecular weight is 134 g/mol. The fourth-order valence-electron chi connectivity index (χ4n) is 1.09. The first-order chi connectivity index (χ1) is 4.70. The molecule has 0 heteroatoms. The Hall–Kier alpha value is -0.780. The van der Waals surface area contributed by atoms with Gasteiger partial charge in [0.2, 0.25) is 0 Å². The second kappa shape index (κ2) is 2.87.